The molecular weight excluding hydrogens is 285 g/mol. The molecule has 0 spiro atoms. The van der Waals surface area contributed by atoms with E-state index in [0.29, 0.717) is 56.7 Å². The van der Waals surface area contributed by atoms with Crippen molar-refractivity contribution in [3.63, 3.8) is 0 Å². The fraction of sp³-hybridized carbons (Fsp3) is 0.500. The van der Waals surface area contributed by atoms with Crippen molar-refractivity contribution in [1.82, 2.24) is 9.80 Å². The van der Waals surface area contributed by atoms with Gasteiger partial charge in [0.25, 0.3) is 5.91 Å². The fourth-order valence-electron chi connectivity index (χ4n) is 2.48. The van der Waals surface area contributed by atoms with Crippen LogP contribution in [0.25, 0.3) is 0 Å². The highest BCUT2D eigenvalue weighted by Gasteiger charge is 2.24. The van der Waals surface area contributed by atoms with Crippen LogP contribution < -0.4 is 5.73 Å². The first-order valence-electron chi connectivity index (χ1n) is 7.56. The van der Waals surface area contributed by atoms with Gasteiger partial charge in [-0.15, -0.1) is 0 Å². The monoisotopic (exact) mass is 307 g/mol. The number of carbonyl (C=O) groups is 2. The Labute approximate surface area is 129 Å². The number of nitrogens with two attached hydrogens (primary N) is 1. The highest BCUT2D eigenvalue weighted by Crippen LogP contribution is 2.13. The molecule has 5 nitrogen and oxygen atoms in total. The van der Waals surface area contributed by atoms with E-state index in [-0.39, 0.29) is 17.6 Å². The minimum Gasteiger partial charge on any atom is -0.339 e. The first kappa shape index (κ1) is 16.4. The third kappa shape index (κ3) is 3.82. The molecule has 0 radical (unpaired) electrons. The van der Waals surface area contributed by atoms with Crippen molar-refractivity contribution in [3.05, 3.63) is 35.1 Å². The van der Waals surface area contributed by atoms with E-state index in [1.165, 1.54) is 6.07 Å². The van der Waals surface area contributed by atoms with Gasteiger partial charge in [-0.3, -0.25) is 9.59 Å². The van der Waals surface area contributed by atoms with Gasteiger partial charge < -0.3 is 15.5 Å². The molecule has 1 fully saturated rings. The molecule has 1 saturated heterocycles. The third-order valence-corrected chi connectivity index (χ3v) is 3.93. The lowest BCUT2D eigenvalue weighted by Gasteiger charge is -2.35. The van der Waals surface area contributed by atoms with Crippen LogP contribution in [0.15, 0.2) is 18.2 Å². The van der Waals surface area contributed by atoms with Crippen molar-refractivity contribution in [2.45, 2.75) is 19.8 Å². The zero-order valence-electron chi connectivity index (χ0n) is 12.8. The molecule has 2 rings (SSSR count). The molecule has 2 amide bonds. The van der Waals surface area contributed by atoms with Crippen LogP contribution in [-0.4, -0.2) is 54.3 Å². The lowest BCUT2D eigenvalue weighted by molar-refractivity contribution is -0.132. The summed E-state index contributed by atoms with van der Waals surface area (Å²) in [5.74, 6) is -0.478. The normalized spacial score (nSPS) is 15.0. The van der Waals surface area contributed by atoms with E-state index >= 15 is 0 Å². The molecule has 0 saturated carbocycles. The molecule has 22 heavy (non-hydrogen) atoms. The van der Waals surface area contributed by atoms with Crippen molar-refractivity contribution < 1.29 is 14.0 Å². The molecule has 120 valence electrons. The summed E-state index contributed by atoms with van der Waals surface area (Å²) in [5, 5.41) is 0. The van der Waals surface area contributed by atoms with Crippen LogP contribution in [-0.2, 0) is 4.79 Å². The van der Waals surface area contributed by atoms with E-state index in [1.54, 1.807) is 28.9 Å². The third-order valence-electron chi connectivity index (χ3n) is 3.93. The van der Waals surface area contributed by atoms with E-state index in [4.69, 9.17) is 5.73 Å². The van der Waals surface area contributed by atoms with Crippen molar-refractivity contribution in [2.24, 2.45) is 5.73 Å². The molecule has 0 atom stereocenters. The number of aryl methyl sites for hydroxylation is 1. The van der Waals surface area contributed by atoms with Gasteiger partial charge in [0.15, 0.2) is 0 Å². The standard InChI is InChI=1S/C16H22FN3O2/c1-12-4-5-13(11-14(12)17)16(22)20-9-7-19(8-10-20)15(21)3-2-6-18/h4-5,11H,2-3,6-10,18H2,1H3. The number of piperazine rings is 1. The highest BCUT2D eigenvalue weighted by molar-refractivity contribution is 5.94. The Morgan fingerprint density at radius 1 is 1.18 bits per heavy atom. The Kier molecular flexibility index (Phi) is 5.49. The molecule has 0 unspecified atom stereocenters. The van der Waals surface area contributed by atoms with Crippen LogP contribution >= 0.6 is 0 Å². The van der Waals surface area contributed by atoms with E-state index in [1.807, 2.05) is 0 Å². The minimum atomic E-state index is -0.374. The van der Waals surface area contributed by atoms with E-state index in [9.17, 15) is 14.0 Å². The van der Waals surface area contributed by atoms with Crippen molar-refractivity contribution in [2.75, 3.05) is 32.7 Å². The van der Waals surface area contributed by atoms with Gasteiger partial charge in [0.05, 0.1) is 0 Å². The van der Waals surface area contributed by atoms with Gasteiger partial charge in [-0.05, 0) is 37.6 Å². The van der Waals surface area contributed by atoms with Crippen LogP contribution in [0, 0.1) is 12.7 Å². The van der Waals surface area contributed by atoms with Gasteiger partial charge >= 0.3 is 0 Å². The zero-order valence-corrected chi connectivity index (χ0v) is 12.8. The number of benzene rings is 1. The van der Waals surface area contributed by atoms with Crippen LogP contribution in [0.4, 0.5) is 4.39 Å². The summed E-state index contributed by atoms with van der Waals surface area (Å²) in [4.78, 5) is 27.7. The van der Waals surface area contributed by atoms with Crippen LogP contribution in [0.3, 0.4) is 0 Å². The van der Waals surface area contributed by atoms with E-state index in [0.717, 1.165) is 0 Å². The predicted octanol–water partition coefficient (Wildman–Crippen LogP) is 1.16. The van der Waals surface area contributed by atoms with Crippen LogP contribution in [0.5, 0.6) is 0 Å². The molecule has 0 bridgehead atoms. The molecule has 0 aliphatic carbocycles. The second-order valence-corrected chi connectivity index (χ2v) is 5.53. The quantitative estimate of drug-likeness (QED) is 0.907. The molecule has 6 heteroatoms. The Morgan fingerprint density at radius 2 is 1.82 bits per heavy atom. The molecular formula is C16H22FN3O2. The van der Waals surface area contributed by atoms with E-state index in [2.05, 4.69) is 0 Å². The topological polar surface area (TPSA) is 66.6 Å². The summed E-state index contributed by atoms with van der Waals surface area (Å²) in [5.41, 5.74) is 6.27. The molecule has 1 aromatic carbocycles. The number of rotatable bonds is 4. The number of carbonyl (C=O) groups excluding carboxylic acids is 2. The van der Waals surface area contributed by atoms with Crippen molar-refractivity contribution in [3.8, 4) is 0 Å². The summed E-state index contributed by atoms with van der Waals surface area (Å²) in [6, 6.07) is 4.52. The number of halogens is 1. The van der Waals surface area contributed by atoms with Crippen LogP contribution in [0.2, 0.25) is 0 Å². The van der Waals surface area contributed by atoms with Gasteiger partial charge in [0.2, 0.25) is 5.91 Å². The predicted molar refractivity (Wildman–Crippen MR) is 81.9 cm³/mol. The van der Waals surface area contributed by atoms with Gasteiger partial charge in [0.1, 0.15) is 5.82 Å². The van der Waals surface area contributed by atoms with Gasteiger partial charge in [0, 0.05) is 38.2 Å². The van der Waals surface area contributed by atoms with E-state index < -0.39 is 0 Å². The maximum Gasteiger partial charge on any atom is 0.254 e. The van der Waals surface area contributed by atoms with Gasteiger partial charge in [-0.1, -0.05) is 6.07 Å². The highest BCUT2D eigenvalue weighted by atomic mass is 19.1. The maximum absolute atomic E-state index is 13.6. The number of nitrogens with zero attached hydrogens (tertiary/aromatic N) is 2. The number of hydrogen-bond donors (Lipinski definition) is 1. The summed E-state index contributed by atoms with van der Waals surface area (Å²) in [6.45, 7) is 4.15. The Morgan fingerprint density at radius 3 is 2.41 bits per heavy atom. The molecule has 1 aliphatic rings. The molecule has 1 aromatic rings. The second-order valence-electron chi connectivity index (χ2n) is 5.53. The average Bonchev–Trinajstić information content (AvgIpc) is 2.54. The average molecular weight is 307 g/mol. The van der Waals surface area contributed by atoms with Gasteiger partial charge in [-0.25, -0.2) is 4.39 Å². The first-order chi connectivity index (χ1) is 10.5. The Bertz CT molecular complexity index is 554. The molecule has 1 heterocycles. The summed E-state index contributed by atoms with van der Waals surface area (Å²) < 4.78 is 13.6. The SMILES string of the molecule is Cc1ccc(C(=O)N2CCN(C(=O)CCCN)CC2)cc1F. The molecule has 2 N–H and O–H groups in total. The Balaban J connectivity index is 1.92. The lowest BCUT2D eigenvalue weighted by atomic mass is 10.1. The zero-order chi connectivity index (χ0) is 16.1. The van der Waals surface area contributed by atoms with Gasteiger partial charge in [-0.2, -0.15) is 0 Å². The Hall–Kier alpha value is -1.95. The second kappa shape index (κ2) is 7.35. The smallest absolute Gasteiger partial charge is 0.254 e. The number of amides is 2. The van der Waals surface area contributed by atoms with Crippen molar-refractivity contribution >= 4 is 11.8 Å². The van der Waals surface area contributed by atoms with Crippen molar-refractivity contribution in [1.29, 1.82) is 0 Å². The lowest BCUT2D eigenvalue weighted by Crippen LogP contribution is -2.50. The summed E-state index contributed by atoms with van der Waals surface area (Å²) >= 11 is 0. The maximum atomic E-state index is 13.6. The largest absolute Gasteiger partial charge is 0.339 e. The minimum absolute atomic E-state index is 0.0823. The van der Waals surface area contributed by atoms with Crippen LogP contribution in [0.1, 0.15) is 28.8 Å². The summed E-state index contributed by atoms with van der Waals surface area (Å²) in [7, 11) is 0. The first-order valence-corrected chi connectivity index (χ1v) is 7.56. The summed E-state index contributed by atoms with van der Waals surface area (Å²) in [6.07, 6.45) is 1.13. The molecule has 1 aliphatic heterocycles. The molecule has 0 aromatic heterocycles. The number of hydrogen-bond acceptors (Lipinski definition) is 3. The fourth-order valence-corrected chi connectivity index (χ4v) is 2.48.